The van der Waals surface area contributed by atoms with Gasteiger partial charge in [-0.1, -0.05) is 40.3 Å². The molecule has 0 bridgehead atoms. The molecule has 0 atom stereocenters. The highest BCUT2D eigenvalue weighted by atomic mass is 32.2. The van der Waals surface area contributed by atoms with E-state index in [1.165, 1.54) is 23.1 Å². The first-order valence-corrected chi connectivity index (χ1v) is 9.95. The van der Waals surface area contributed by atoms with Gasteiger partial charge >= 0.3 is 0 Å². The van der Waals surface area contributed by atoms with Gasteiger partial charge in [0.15, 0.2) is 4.34 Å². The van der Waals surface area contributed by atoms with Gasteiger partial charge in [0.1, 0.15) is 5.76 Å². The summed E-state index contributed by atoms with van der Waals surface area (Å²) < 4.78 is 5.77. The number of furan rings is 1. The number of amides is 2. The van der Waals surface area contributed by atoms with Crippen molar-refractivity contribution in [2.45, 2.75) is 24.7 Å². The molecule has 0 saturated heterocycles. The molecule has 7 nitrogen and oxygen atoms in total. The molecule has 2 heterocycles. The first kappa shape index (κ1) is 19.1. The lowest BCUT2D eigenvalue weighted by Crippen LogP contribution is -2.24. The number of thioether (sulfide) groups is 1. The molecule has 9 heteroatoms. The van der Waals surface area contributed by atoms with Crippen LogP contribution in [0.3, 0.4) is 0 Å². The largest absolute Gasteiger partial charge is 0.467 e. The zero-order chi connectivity index (χ0) is 19.2. The van der Waals surface area contributed by atoms with Crippen LogP contribution in [0.15, 0.2) is 45.4 Å². The van der Waals surface area contributed by atoms with Crippen LogP contribution in [0.4, 0.5) is 5.13 Å². The minimum absolute atomic E-state index is 0.132. The van der Waals surface area contributed by atoms with Crippen LogP contribution in [0.5, 0.6) is 0 Å². The average molecular weight is 403 g/mol. The Bertz CT molecular complexity index is 918. The smallest absolute Gasteiger partial charge is 0.257 e. The van der Waals surface area contributed by atoms with E-state index in [0.717, 1.165) is 11.1 Å². The molecule has 27 heavy (non-hydrogen) atoms. The Morgan fingerprint density at radius 3 is 2.67 bits per heavy atom. The molecule has 1 aromatic carbocycles. The fraction of sp³-hybridized carbons (Fsp3) is 0.222. The van der Waals surface area contributed by atoms with Crippen LogP contribution in [-0.4, -0.2) is 27.8 Å². The molecule has 0 radical (unpaired) electrons. The van der Waals surface area contributed by atoms with Crippen molar-refractivity contribution in [3.63, 3.8) is 0 Å². The van der Waals surface area contributed by atoms with Gasteiger partial charge in [0.05, 0.1) is 18.6 Å². The molecule has 0 spiro atoms. The maximum absolute atomic E-state index is 12.3. The number of benzene rings is 1. The van der Waals surface area contributed by atoms with Crippen LogP contribution in [0.1, 0.15) is 27.2 Å². The minimum atomic E-state index is -0.231. The highest BCUT2D eigenvalue weighted by molar-refractivity contribution is 8.01. The highest BCUT2D eigenvalue weighted by Gasteiger charge is 2.12. The predicted octanol–water partition coefficient (Wildman–Crippen LogP) is 3.41. The van der Waals surface area contributed by atoms with Gasteiger partial charge in [-0.25, -0.2) is 0 Å². The Labute approximate surface area is 164 Å². The van der Waals surface area contributed by atoms with E-state index in [2.05, 4.69) is 20.8 Å². The van der Waals surface area contributed by atoms with E-state index in [1.807, 2.05) is 32.0 Å². The second-order valence-corrected chi connectivity index (χ2v) is 8.05. The zero-order valence-corrected chi connectivity index (χ0v) is 16.4. The van der Waals surface area contributed by atoms with Crippen molar-refractivity contribution >= 4 is 40.0 Å². The molecule has 0 aliphatic carbocycles. The Balaban J connectivity index is 1.49. The van der Waals surface area contributed by atoms with Crippen molar-refractivity contribution in [1.82, 2.24) is 15.5 Å². The molecular weight excluding hydrogens is 384 g/mol. The standard InChI is InChI=1S/C18H18N4O3S2/c1-11-6-12(2)8-13(7-11)16(24)20-17-21-22-18(27-17)26-10-15(23)19-9-14-4-3-5-25-14/h3-8H,9-10H2,1-2H3,(H,19,23)(H,20,21,24). The summed E-state index contributed by atoms with van der Waals surface area (Å²) in [6, 6.07) is 9.21. The van der Waals surface area contributed by atoms with E-state index in [9.17, 15) is 9.59 Å². The lowest BCUT2D eigenvalue weighted by molar-refractivity contribution is -0.118. The van der Waals surface area contributed by atoms with Crippen LogP contribution in [0.25, 0.3) is 0 Å². The maximum Gasteiger partial charge on any atom is 0.257 e. The van der Waals surface area contributed by atoms with Crippen molar-refractivity contribution in [1.29, 1.82) is 0 Å². The van der Waals surface area contributed by atoms with Gasteiger partial charge in [0.25, 0.3) is 5.91 Å². The summed E-state index contributed by atoms with van der Waals surface area (Å²) in [5.41, 5.74) is 2.62. The second kappa shape index (κ2) is 8.83. The van der Waals surface area contributed by atoms with Crippen molar-refractivity contribution in [3.8, 4) is 0 Å². The lowest BCUT2D eigenvalue weighted by Gasteiger charge is -2.04. The summed E-state index contributed by atoms with van der Waals surface area (Å²) in [5, 5.41) is 13.9. The molecule has 0 saturated carbocycles. The van der Waals surface area contributed by atoms with Gasteiger partial charge in [-0.3, -0.25) is 14.9 Å². The number of nitrogens with one attached hydrogen (secondary N) is 2. The van der Waals surface area contributed by atoms with Crippen molar-refractivity contribution in [2.75, 3.05) is 11.1 Å². The van der Waals surface area contributed by atoms with E-state index >= 15 is 0 Å². The Morgan fingerprint density at radius 1 is 1.19 bits per heavy atom. The molecule has 2 amide bonds. The topological polar surface area (TPSA) is 97.1 Å². The van der Waals surface area contributed by atoms with E-state index in [1.54, 1.807) is 18.4 Å². The van der Waals surface area contributed by atoms with Crippen LogP contribution in [0.2, 0.25) is 0 Å². The van der Waals surface area contributed by atoms with Gasteiger partial charge < -0.3 is 9.73 Å². The van der Waals surface area contributed by atoms with Gasteiger partial charge in [-0.2, -0.15) is 0 Å². The molecule has 0 aliphatic rings. The molecule has 0 unspecified atom stereocenters. The zero-order valence-electron chi connectivity index (χ0n) is 14.8. The molecule has 3 aromatic rings. The Morgan fingerprint density at radius 2 is 1.96 bits per heavy atom. The second-order valence-electron chi connectivity index (χ2n) is 5.85. The summed E-state index contributed by atoms with van der Waals surface area (Å²) in [6.45, 7) is 4.24. The minimum Gasteiger partial charge on any atom is -0.467 e. The molecule has 2 N–H and O–H groups in total. The maximum atomic E-state index is 12.3. The molecule has 0 fully saturated rings. The number of nitrogens with zero attached hydrogens (tertiary/aromatic N) is 2. The summed E-state index contributed by atoms with van der Waals surface area (Å²) in [4.78, 5) is 24.2. The molecule has 0 aliphatic heterocycles. The monoisotopic (exact) mass is 402 g/mol. The SMILES string of the molecule is Cc1cc(C)cc(C(=O)Nc2nnc(SCC(=O)NCc3ccco3)s2)c1. The van der Waals surface area contributed by atoms with Gasteiger partial charge in [-0.05, 0) is 38.1 Å². The van der Waals surface area contributed by atoms with Crippen molar-refractivity contribution in [3.05, 3.63) is 59.0 Å². The third kappa shape index (κ3) is 5.66. The lowest BCUT2D eigenvalue weighted by atomic mass is 10.1. The van der Waals surface area contributed by atoms with E-state index in [4.69, 9.17) is 4.42 Å². The highest BCUT2D eigenvalue weighted by Crippen LogP contribution is 2.25. The Kier molecular flexibility index (Phi) is 6.25. The van der Waals surface area contributed by atoms with Crippen molar-refractivity contribution < 1.29 is 14.0 Å². The number of hydrogen-bond acceptors (Lipinski definition) is 7. The van der Waals surface area contributed by atoms with Gasteiger partial charge in [-0.15, -0.1) is 10.2 Å². The number of carbonyl (C=O) groups excluding carboxylic acids is 2. The third-order valence-electron chi connectivity index (χ3n) is 3.48. The van der Waals surface area contributed by atoms with Gasteiger partial charge in [0.2, 0.25) is 11.0 Å². The first-order valence-electron chi connectivity index (χ1n) is 8.14. The van der Waals surface area contributed by atoms with Crippen LogP contribution >= 0.6 is 23.1 Å². The van der Waals surface area contributed by atoms with E-state index in [0.29, 0.717) is 27.3 Å². The molecule has 2 aromatic heterocycles. The average Bonchev–Trinajstić information content (AvgIpc) is 3.29. The van der Waals surface area contributed by atoms with Gasteiger partial charge in [0, 0.05) is 5.56 Å². The predicted molar refractivity (Wildman–Crippen MR) is 105 cm³/mol. The number of rotatable bonds is 7. The first-order chi connectivity index (χ1) is 13.0. The summed E-state index contributed by atoms with van der Waals surface area (Å²) in [7, 11) is 0. The molecular formula is C18H18N4O3S2. The summed E-state index contributed by atoms with van der Waals surface area (Å²) >= 11 is 2.50. The van der Waals surface area contributed by atoms with Crippen molar-refractivity contribution in [2.24, 2.45) is 0 Å². The van der Waals surface area contributed by atoms with E-state index < -0.39 is 0 Å². The number of anilines is 1. The normalized spacial score (nSPS) is 10.6. The molecule has 140 valence electrons. The van der Waals surface area contributed by atoms with E-state index in [-0.39, 0.29) is 17.6 Å². The third-order valence-corrected chi connectivity index (χ3v) is 5.45. The molecule has 3 rings (SSSR count). The Hall–Kier alpha value is -2.65. The fourth-order valence-electron chi connectivity index (χ4n) is 2.37. The van der Waals surface area contributed by atoms with Crippen LogP contribution < -0.4 is 10.6 Å². The van der Waals surface area contributed by atoms with Crippen LogP contribution in [-0.2, 0) is 11.3 Å². The number of carbonyl (C=O) groups is 2. The summed E-state index contributed by atoms with van der Waals surface area (Å²) in [5.74, 6) is 0.541. The fourth-order valence-corrected chi connectivity index (χ4v) is 3.95. The quantitative estimate of drug-likeness (QED) is 0.464. The number of aromatic nitrogens is 2. The summed E-state index contributed by atoms with van der Waals surface area (Å²) in [6.07, 6.45) is 1.56. The van der Waals surface area contributed by atoms with Crippen LogP contribution in [0, 0.1) is 13.8 Å². The number of aryl methyl sites for hydroxylation is 2. The number of hydrogen-bond donors (Lipinski definition) is 2.